The fourth-order valence-corrected chi connectivity index (χ4v) is 2.77. The normalized spacial score (nSPS) is 22.5. The van der Waals surface area contributed by atoms with Gasteiger partial charge in [0.15, 0.2) is 0 Å². The molecule has 1 fully saturated rings. The molecule has 1 aromatic carbocycles. The lowest BCUT2D eigenvalue weighted by Crippen LogP contribution is -2.58. The Kier molecular flexibility index (Phi) is 5.74. The molecular formula is C17H23F3N2O2. The quantitative estimate of drug-likeness (QED) is 0.912. The third-order valence-corrected chi connectivity index (χ3v) is 4.25. The van der Waals surface area contributed by atoms with Gasteiger partial charge in [0.25, 0.3) is 6.43 Å². The van der Waals surface area contributed by atoms with E-state index in [1.807, 2.05) is 13.8 Å². The minimum Gasteiger partial charge on any atom is -0.366 e. The molecule has 1 heterocycles. The fraction of sp³-hybridized carbons (Fsp3) is 0.588. The van der Waals surface area contributed by atoms with Crippen LogP contribution >= 0.6 is 0 Å². The highest BCUT2D eigenvalue weighted by Gasteiger charge is 2.42. The van der Waals surface area contributed by atoms with Crippen LogP contribution in [0.15, 0.2) is 18.2 Å². The number of halogens is 3. The Morgan fingerprint density at radius 2 is 2.17 bits per heavy atom. The molecule has 0 aromatic heterocycles. The van der Waals surface area contributed by atoms with Crippen molar-refractivity contribution in [2.75, 3.05) is 19.7 Å². The van der Waals surface area contributed by atoms with E-state index in [2.05, 4.69) is 5.32 Å². The van der Waals surface area contributed by atoms with Crippen LogP contribution in [0.4, 0.5) is 18.0 Å². The largest absolute Gasteiger partial charge is 0.366 e. The van der Waals surface area contributed by atoms with Crippen molar-refractivity contribution in [3.05, 3.63) is 35.1 Å². The number of amides is 2. The number of hydrogen-bond acceptors (Lipinski definition) is 2. The topological polar surface area (TPSA) is 41.6 Å². The van der Waals surface area contributed by atoms with Gasteiger partial charge in [-0.05, 0) is 50.5 Å². The van der Waals surface area contributed by atoms with E-state index < -0.39 is 18.1 Å². The van der Waals surface area contributed by atoms with E-state index in [9.17, 15) is 18.0 Å². The second kappa shape index (κ2) is 7.42. The van der Waals surface area contributed by atoms with Crippen molar-refractivity contribution < 1.29 is 22.7 Å². The zero-order valence-corrected chi connectivity index (χ0v) is 14.1. The van der Waals surface area contributed by atoms with Gasteiger partial charge >= 0.3 is 6.03 Å². The lowest BCUT2D eigenvalue weighted by atomic mass is 10.0. The van der Waals surface area contributed by atoms with Gasteiger partial charge < -0.3 is 15.0 Å². The fourth-order valence-electron chi connectivity index (χ4n) is 2.77. The first-order chi connectivity index (χ1) is 11.2. The van der Waals surface area contributed by atoms with Gasteiger partial charge in [0.1, 0.15) is 11.4 Å². The highest BCUT2D eigenvalue weighted by molar-refractivity contribution is 5.74. The molecular weight excluding hydrogens is 321 g/mol. The molecule has 2 unspecified atom stereocenters. The summed E-state index contributed by atoms with van der Waals surface area (Å²) in [6, 6.07) is 3.92. The molecule has 7 heteroatoms. The van der Waals surface area contributed by atoms with E-state index in [4.69, 9.17) is 4.74 Å². The lowest BCUT2D eigenvalue weighted by Gasteiger charge is -2.40. The molecule has 0 bridgehead atoms. The molecule has 134 valence electrons. The Balaban J connectivity index is 1.93. The summed E-state index contributed by atoms with van der Waals surface area (Å²) in [6.45, 7) is 5.15. The molecule has 1 aliphatic rings. The first kappa shape index (κ1) is 18.6. The molecule has 0 radical (unpaired) electrons. The van der Waals surface area contributed by atoms with Crippen molar-refractivity contribution in [3.63, 3.8) is 0 Å². The summed E-state index contributed by atoms with van der Waals surface area (Å²) in [5.74, 6) is -0.299. The molecule has 1 aliphatic heterocycles. The van der Waals surface area contributed by atoms with Crippen LogP contribution in [0, 0.1) is 12.7 Å². The average Bonchev–Trinajstić information content (AvgIpc) is 2.50. The number of morpholine rings is 1. The molecule has 2 atom stereocenters. The van der Waals surface area contributed by atoms with Crippen LogP contribution in [0.25, 0.3) is 0 Å². The van der Waals surface area contributed by atoms with Crippen molar-refractivity contribution in [3.8, 4) is 0 Å². The molecule has 0 saturated carbocycles. The molecule has 4 nitrogen and oxygen atoms in total. The van der Waals surface area contributed by atoms with Gasteiger partial charge in [-0.2, -0.15) is 0 Å². The maximum absolute atomic E-state index is 13.1. The minimum atomic E-state index is -2.66. The van der Waals surface area contributed by atoms with Crippen LogP contribution in [0.3, 0.4) is 0 Å². The number of ether oxygens (including phenoxy) is 1. The summed E-state index contributed by atoms with van der Waals surface area (Å²) in [5, 5.41) is 2.81. The van der Waals surface area contributed by atoms with Crippen LogP contribution in [0.1, 0.15) is 25.0 Å². The maximum atomic E-state index is 13.1. The zero-order chi connectivity index (χ0) is 17.9. The second-order valence-corrected chi connectivity index (χ2v) is 6.51. The monoisotopic (exact) mass is 344 g/mol. The second-order valence-electron chi connectivity index (χ2n) is 6.51. The summed E-state index contributed by atoms with van der Waals surface area (Å²) in [5.41, 5.74) is 0.114. The molecule has 1 saturated heterocycles. The van der Waals surface area contributed by atoms with Gasteiger partial charge in [-0.15, -0.1) is 0 Å². The van der Waals surface area contributed by atoms with Crippen molar-refractivity contribution in [2.24, 2.45) is 0 Å². The molecule has 0 aliphatic carbocycles. The molecule has 0 spiro atoms. The van der Waals surface area contributed by atoms with Gasteiger partial charge in [-0.25, -0.2) is 18.0 Å². The Morgan fingerprint density at radius 1 is 1.46 bits per heavy atom. The number of aryl methyl sites for hydroxylation is 1. The van der Waals surface area contributed by atoms with Gasteiger partial charge in [-0.3, -0.25) is 0 Å². The lowest BCUT2D eigenvalue weighted by molar-refractivity contribution is -0.161. The number of carbonyl (C=O) groups excluding carboxylic acids is 1. The Bertz CT molecular complexity index is 597. The van der Waals surface area contributed by atoms with Gasteiger partial charge in [-0.1, -0.05) is 6.07 Å². The van der Waals surface area contributed by atoms with E-state index in [0.717, 1.165) is 11.1 Å². The summed E-state index contributed by atoms with van der Waals surface area (Å²) in [4.78, 5) is 13.7. The number of alkyl halides is 2. The number of urea groups is 1. The summed E-state index contributed by atoms with van der Waals surface area (Å²) in [7, 11) is 0. The van der Waals surface area contributed by atoms with E-state index in [1.54, 1.807) is 6.07 Å². The van der Waals surface area contributed by atoms with E-state index in [0.29, 0.717) is 6.42 Å². The van der Waals surface area contributed by atoms with E-state index in [-0.39, 0.29) is 31.6 Å². The predicted octanol–water partition coefficient (Wildman–Crippen LogP) is 3.13. The number of benzene rings is 1. The third-order valence-electron chi connectivity index (χ3n) is 4.25. The Labute approximate surface area is 140 Å². The highest BCUT2D eigenvalue weighted by Crippen LogP contribution is 2.25. The average molecular weight is 344 g/mol. The van der Waals surface area contributed by atoms with E-state index >= 15 is 0 Å². The van der Waals surface area contributed by atoms with Crippen molar-refractivity contribution in [1.82, 2.24) is 10.2 Å². The first-order valence-electron chi connectivity index (χ1n) is 7.94. The zero-order valence-electron chi connectivity index (χ0n) is 14.1. The maximum Gasteiger partial charge on any atom is 0.317 e. The molecule has 1 aromatic rings. The first-order valence-corrected chi connectivity index (χ1v) is 7.94. The standard InChI is InChI=1S/C17H23F3N2O2/c1-11-8-14(18)5-4-13(11)9-12(2)21-16(23)22-6-7-24-17(3,10-22)15(19)20/h4-5,8,12,15H,6-7,9-10H2,1-3H3,(H,21,23). The van der Waals surface area contributed by atoms with Crippen LogP contribution in [0.5, 0.6) is 0 Å². The van der Waals surface area contributed by atoms with Gasteiger partial charge in [0.05, 0.1) is 13.2 Å². The van der Waals surface area contributed by atoms with Crippen molar-refractivity contribution in [2.45, 2.75) is 45.3 Å². The predicted molar refractivity (Wildman–Crippen MR) is 84.8 cm³/mol. The highest BCUT2D eigenvalue weighted by atomic mass is 19.3. The Morgan fingerprint density at radius 3 is 2.79 bits per heavy atom. The number of hydrogen-bond donors (Lipinski definition) is 1. The van der Waals surface area contributed by atoms with Crippen LogP contribution in [-0.2, 0) is 11.2 Å². The molecule has 24 heavy (non-hydrogen) atoms. The number of nitrogens with one attached hydrogen (secondary N) is 1. The molecule has 2 amide bonds. The van der Waals surface area contributed by atoms with E-state index in [1.165, 1.54) is 24.0 Å². The summed E-state index contributed by atoms with van der Waals surface area (Å²) < 4.78 is 44.4. The van der Waals surface area contributed by atoms with Crippen molar-refractivity contribution in [1.29, 1.82) is 0 Å². The summed E-state index contributed by atoms with van der Waals surface area (Å²) >= 11 is 0. The number of nitrogens with zero attached hydrogens (tertiary/aromatic N) is 1. The molecule has 1 N–H and O–H groups in total. The third kappa shape index (κ3) is 4.41. The molecule has 2 rings (SSSR count). The van der Waals surface area contributed by atoms with Gasteiger partial charge in [0, 0.05) is 12.6 Å². The van der Waals surface area contributed by atoms with Crippen LogP contribution in [-0.4, -0.2) is 48.7 Å². The summed E-state index contributed by atoms with van der Waals surface area (Å²) in [6.07, 6.45) is -2.12. The van der Waals surface area contributed by atoms with Crippen molar-refractivity contribution >= 4 is 6.03 Å². The number of carbonyl (C=O) groups is 1. The SMILES string of the molecule is Cc1cc(F)ccc1CC(C)NC(=O)N1CCOC(C)(C(F)F)C1. The Hall–Kier alpha value is -1.76. The number of rotatable bonds is 4. The van der Waals surface area contributed by atoms with Crippen LogP contribution < -0.4 is 5.32 Å². The smallest absolute Gasteiger partial charge is 0.317 e. The van der Waals surface area contributed by atoms with Crippen LogP contribution in [0.2, 0.25) is 0 Å². The van der Waals surface area contributed by atoms with Gasteiger partial charge in [0.2, 0.25) is 0 Å². The minimum absolute atomic E-state index is 0.0830.